The summed E-state index contributed by atoms with van der Waals surface area (Å²) in [6, 6.07) is 14.1. The molecule has 0 aliphatic carbocycles. The number of amides is 1. The minimum absolute atomic E-state index is 0.0764. The molecule has 0 saturated carbocycles. The van der Waals surface area contributed by atoms with Gasteiger partial charge in [0.15, 0.2) is 0 Å². The van der Waals surface area contributed by atoms with Gasteiger partial charge < -0.3 is 5.32 Å². The van der Waals surface area contributed by atoms with Gasteiger partial charge in [-0.2, -0.15) is 0 Å². The average molecular weight is 370 g/mol. The number of thiophene rings is 1. The van der Waals surface area contributed by atoms with Gasteiger partial charge in [-0.1, -0.05) is 18.2 Å². The molecule has 20 heavy (non-hydrogen) atoms. The Morgan fingerprint density at radius 3 is 2.70 bits per heavy atom. The summed E-state index contributed by atoms with van der Waals surface area (Å²) in [6.07, 6.45) is 0.880. The van der Waals surface area contributed by atoms with Gasteiger partial charge in [-0.3, -0.25) is 4.79 Å². The number of carbonyl (C=O) groups excluding carboxylic acids is 1. The zero-order valence-electron chi connectivity index (χ0n) is 11.1. The smallest absolute Gasteiger partial charge is 0.233 e. The van der Waals surface area contributed by atoms with Crippen molar-refractivity contribution in [2.75, 3.05) is 6.54 Å². The number of benzene rings is 1. The highest BCUT2D eigenvalue weighted by Gasteiger charge is 2.13. The van der Waals surface area contributed by atoms with Crippen LogP contribution in [0.5, 0.6) is 0 Å². The molecule has 0 aliphatic rings. The first-order chi connectivity index (χ1) is 9.65. The van der Waals surface area contributed by atoms with Crippen molar-refractivity contribution in [1.82, 2.24) is 5.32 Å². The molecule has 1 amide bonds. The Kier molecular flexibility index (Phi) is 6.13. The second-order valence-electron chi connectivity index (χ2n) is 4.32. The Bertz CT molecular complexity index is 556. The fourth-order valence-corrected chi connectivity index (χ4v) is 4.09. The second-order valence-corrected chi connectivity index (χ2v) is 8.28. The summed E-state index contributed by atoms with van der Waals surface area (Å²) in [7, 11) is 0. The highest BCUT2D eigenvalue weighted by molar-refractivity contribution is 9.11. The lowest BCUT2D eigenvalue weighted by Gasteiger charge is -2.11. The molecule has 1 heterocycles. The molecule has 0 radical (unpaired) electrons. The highest BCUT2D eigenvalue weighted by atomic mass is 79.9. The van der Waals surface area contributed by atoms with Crippen LogP contribution in [0.1, 0.15) is 11.8 Å². The lowest BCUT2D eigenvalue weighted by Crippen LogP contribution is -2.32. The standard InChI is InChI=1S/C15H16BrNOS2/c1-11(19-12-5-3-2-4-6-12)15(18)17-10-9-13-7-8-14(16)20-13/h2-8,11H,9-10H2,1H3,(H,17,18). The normalized spacial score (nSPS) is 12.1. The quantitative estimate of drug-likeness (QED) is 0.766. The molecule has 1 unspecified atom stereocenters. The number of nitrogens with one attached hydrogen (secondary N) is 1. The number of carbonyl (C=O) groups is 1. The summed E-state index contributed by atoms with van der Waals surface area (Å²) in [4.78, 5) is 14.4. The minimum atomic E-state index is -0.0764. The van der Waals surface area contributed by atoms with Gasteiger partial charge >= 0.3 is 0 Å². The maximum Gasteiger partial charge on any atom is 0.233 e. The third-order valence-electron chi connectivity index (χ3n) is 2.72. The predicted octanol–water partition coefficient (Wildman–Crippen LogP) is 4.35. The van der Waals surface area contributed by atoms with Crippen molar-refractivity contribution in [2.24, 2.45) is 0 Å². The first-order valence-corrected chi connectivity index (χ1v) is 8.87. The Labute approximate surface area is 136 Å². The van der Waals surface area contributed by atoms with Crippen LogP contribution in [0.4, 0.5) is 0 Å². The molecule has 5 heteroatoms. The van der Waals surface area contributed by atoms with Gasteiger partial charge in [-0.15, -0.1) is 23.1 Å². The van der Waals surface area contributed by atoms with Crippen molar-refractivity contribution in [3.05, 3.63) is 51.1 Å². The maximum atomic E-state index is 12.0. The Hall–Kier alpha value is -0.780. The molecule has 2 nitrogen and oxygen atoms in total. The molecule has 0 spiro atoms. The van der Waals surface area contributed by atoms with Crippen molar-refractivity contribution in [3.8, 4) is 0 Å². The zero-order chi connectivity index (χ0) is 14.4. The van der Waals surface area contributed by atoms with E-state index in [0.717, 1.165) is 15.1 Å². The first-order valence-electron chi connectivity index (χ1n) is 6.39. The highest BCUT2D eigenvalue weighted by Crippen LogP contribution is 2.23. The van der Waals surface area contributed by atoms with Crippen LogP contribution >= 0.6 is 39.0 Å². The van der Waals surface area contributed by atoms with Crippen molar-refractivity contribution in [1.29, 1.82) is 0 Å². The second kappa shape index (κ2) is 7.86. The van der Waals surface area contributed by atoms with Gasteiger partial charge in [-0.05, 0) is 53.5 Å². The maximum absolute atomic E-state index is 12.0. The number of halogens is 1. The van der Waals surface area contributed by atoms with E-state index >= 15 is 0 Å². The van der Waals surface area contributed by atoms with Gasteiger partial charge in [0.05, 0.1) is 9.04 Å². The van der Waals surface area contributed by atoms with Crippen LogP contribution in [0.2, 0.25) is 0 Å². The number of thioether (sulfide) groups is 1. The number of hydrogen-bond acceptors (Lipinski definition) is 3. The summed E-state index contributed by atoms with van der Waals surface area (Å²) in [5.74, 6) is 0.0921. The van der Waals surface area contributed by atoms with Crippen molar-refractivity contribution in [3.63, 3.8) is 0 Å². The molecule has 1 atom stereocenters. The molecule has 0 bridgehead atoms. The van der Waals surface area contributed by atoms with Crippen LogP contribution in [-0.2, 0) is 11.2 Å². The Morgan fingerprint density at radius 2 is 2.05 bits per heavy atom. The van der Waals surface area contributed by atoms with Crippen molar-refractivity contribution < 1.29 is 4.79 Å². The molecule has 0 aliphatic heterocycles. The molecule has 0 fully saturated rings. The summed E-state index contributed by atoms with van der Waals surface area (Å²) >= 11 is 6.74. The largest absolute Gasteiger partial charge is 0.355 e. The van der Waals surface area contributed by atoms with E-state index in [0.29, 0.717) is 6.54 Å². The lowest BCUT2D eigenvalue weighted by molar-refractivity contribution is -0.120. The monoisotopic (exact) mass is 369 g/mol. The summed E-state index contributed by atoms with van der Waals surface area (Å²) < 4.78 is 1.13. The van der Waals surface area contributed by atoms with Crippen LogP contribution in [0, 0.1) is 0 Å². The molecular formula is C15H16BrNOS2. The topological polar surface area (TPSA) is 29.1 Å². The zero-order valence-corrected chi connectivity index (χ0v) is 14.4. The SMILES string of the molecule is CC(Sc1ccccc1)C(=O)NCCc1ccc(Br)s1. The van der Waals surface area contributed by atoms with E-state index < -0.39 is 0 Å². The van der Waals surface area contributed by atoms with Crippen LogP contribution < -0.4 is 5.32 Å². The Balaban J connectivity index is 1.74. The van der Waals surface area contributed by atoms with Gasteiger partial charge in [0, 0.05) is 16.3 Å². The van der Waals surface area contributed by atoms with Crippen molar-refractivity contribution in [2.45, 2.75) is 23.5 Å². The third-order valence-corrected chi connectivity index (χ3v) is 5.52. The fraction of sp³-hybridized carbons (Fsp3) is 0.267. The minimum Gasteiger partial charge on any atom is -0.355 e. The molecule has 2 aromatic rings. The van der Waals surface area contributed by atoms with E-state index in [-0.39, 0.29) is 11.2 Å². The van der Waals surface area contributed by atoms with E-state index in [1.54, 1.807) is 23.1 Å². The lowest BCUT2D eigenvalue weighted by atomic mass is 10.3. The van der Waals surface area contributed by atoms with Gasteiger partial charge in [0.1, 0.15) is 0 Å². The predicted molar refractivity (Wildman–Crippen MR) is 90.5 cm³/mol. The number of hydrogen-bond donors (Lipinski definition) is 1. The van der Waals surface area contributed by atoms with Crippen LogP contribution in [0.3, 0.4) is 0 Å². The van der Waals surface area contributed by atoms with Crippen molar-refractivity contribution >= 4 is 44.9 Å². The number of rotatable bonds is 6. The fourth-order valence-electron chi connectivity index (χ4n) is 1.70. The van der Waals surface area contributed by atoms with E-state index in [1.165, 1.54) is 4.88 Å². The molecular weight excluding hydrogens is 354 g/mol. The molecule has 1 aromatic heterocycles. The average Bonchev–Trinajstić information content (AvgIpc) is 2.85. The molecule has 1 aromatic carbocycles. The van der Waals surface area contributed by atoms with E-state index in [4.69, 9.17) is 0 Å². The third kappa shape index (κ3) is 4.96. The summed E-state index contributed by atoms with van der Waals surface area (Å²) in [5, 5.41) is 2.92. The van der Waals surface area contributed by atoms with Crippen LogP contribution in [0.25, 0.3) is 0 Å². The van der Waals surface area contributed by atoms with E-state index in [9.17, 15) is 4.79 Å². The molecule has 0 saturated heterocycles. The Morgan fingerprint density at radius 1 is 1.30 bits per heavy atom. The van der Waals surface area contributed by atoms with E-state index in [1.807, 2.05) is 43.3 Å². The van der Waals surface area contributed by atoms with Gasteiger partial charge in [0.25, 0.3) is 0 Å². The molecule has 106 valence electrons. The van der Waals surface area contributed by atoms with E-state index in [2.05, 4.69) is 27.3 Å². The summed E-state index contributed by atoms with van der Waals surface area (Å²) in [5.41, 5.74) is 0. The first kappa shape index (κ1) is 15.6. The van der Waals surface area contributed by atoms with Gasteiger partial charge in [-0.25, -0.2) is 0 Å². The van der Waals surface area contributed by atoms with Gasteiger partial charge in [0.2, 0.25) is 5.91 Å². The van der Waals surface area contributed by atoms with Crippen LogP contribution in [0.15, 0.2) is 51.1 Å². The molecule has 2 rings (SSSR count). The summed E-state index contributed by atoms with van der Waals surface area (Å²) in [6.45, 7) is 2.63. The molecule has 1 N–H and O–H groups in total. The van der Waals surface area contributed by atoms with Crippen LogP contribution in [-0.4, -0.2) is 17.7 Å².